The number of nitrogens with zero attached hydrogens (tertiary/aromatic N) is 3. The lowest BCUT2D eigenvalue weighted by Gasteiger charge is -2.06. The van der Waals surface area contributed by atoms with Gasteiger partial charge in [-0.25, -0.2) is 0 Å². The highest BCUT2D eigenvalue weighted by Gasteiger charge is 2.13. The number of hydrogen-bond acceptors (Lipinski definition) is 5. The average molecular weight is 337 g/mol. The van der Waals surface area contributed by atoms with Crippen molar-refractivity contribution in [3.63, 3.8) is 0 Å². The molecule has 2 aromatic rings. The van der Waals surface area contributed by atoms with Gasteiger partial charge in [0.2, 0.25) is 0 Å². The van der Waals surface area contributed by atoms with Gasteiger partial charge in [0.05, 0.1) is 11.5 Å². The number of benzene rings is 1. The first-order valence-corrected chi connectivity index (χ1v) is 9.45. The minimum atomic E-state index is -3.74. The maximum absolute atomic E-state index is 12.2. The van der Waals surface area contributed by atoms with Gasteiger partial charge >= 0.3 is 0 Å². The first-order chi connectivity index (χ1) is 11.0. The molecule has 0 saturated carbocycles. The maximum atomic E-state index is 12.2. The van der Waals surface area contributed by atoms with Crippen molar-refractivity contribution in [3.05, 3.63) is 35.7 Å². The molecule has 7 heteroatoms. The monoisotopic (exact) mass is 337 g/mol. The van der Waals surface area contributed by atoms with Gasteiger partial charge in [0, 0.05) is 0 Å². The number of unbranched alkanes of at least 4 members (excludes halogenated alkanes) is 3. The fourth-order valence-electron chi connectivity index (χ4n) is 2.27. The summed E-state index contributed by atoms with van der Waals surface area (Å²) < 4.78 is 25.0. The van der Waals surface area contributed by atoms with E-state index in [2.05, 4.69) is 17.1 Å². The Balaban J connectivity index is 1.92. The van der Waals surface area contributed by atoms with Gasteiger partial charge in [0.15, 0.2) is 0 Å². The zero-order valence-electron chi connectivity index (χ0n) is 13.3. The largest absolute Gasteiger partial charge is 0.393 e. The van der Waals surface area contributed by atoms with Crippen molar-refractivity contribution in [1.29, 1.82) is 0 Å². The lowest BCUT2D eigenvalue weighted by Crippen LogP contribution is -2.13. The summed E-state index contributed by atoms with van der Waals surface area (Å²) in [5.74, 6) is 0. The number of aliphatic hydroxyl groups excluding tert-OH is 1. The Morgan fingerprint density at radius 2 is 1.83 bits per heavy atom. The van der Waals surface area contributed by atoms with Gasteiger partial charge in [-0.05, 0) is 25.0 Å². The standard InChI is InChI=1S/C16H23N3O3S/c1-2-3-4-5-9-14(20)10-8-13-23(21,22)19-17-15-11-6-7-12-16(15)18-19/h6-8,11-14,20H,2-5,9-10H2,1H3/b13-8+. The summed E-state index contributed by atoms with van der Waals surface area (Å²) in [5, 5.41) is 18.8. The smallest absolute Gasteiger partial charge is 0.291 e. The molecule has 23 heavy (non-hydrogen) atoms. The van der Waals surface area contributed by atoms with Crippen LogP contribution in [0.15, 0.2) is 35.7 Å². The molecule has 1 heterocycles. The predicted molar refractivity (Wildman–Crippen MR) is 90.4 cm³/mol. The molecule has 0 fully saturated rings. The summed E-state index contributed by atoms with van der Waals surface area (Å²) in [6.45, 7) is 2.14. The third-order valence-electron chi connectivity index (χ3n) is 3.56. The molecule has 0 saturated heterocycles. The third kappa shape index (κ3) is 5.14. The van der Waals surface area contributed by atoms with Crippen LogP contribution in [0.3, 0.4) is 0 Å². The van der Waals surface area contributed by atoms with Gasteiger partial charge in [0.25, 0.3) is 10.0 Å². The first-order valence-electron chi connectivity index (χ1n) is 7.95. The van der Waals surface area contributed by atoms with Crippen LogP contribution in [0.5, 0.6) is 0 Å². The van der Waals surface area contributed by atoms with E-state index in [0.29, 0.717) is 23.9 Å². The van der Waals surface area contributed by atoms with Crippen molar-refractivity contribution in [2.24, 2.45) is 0 Å². The first kappa shape index (κ1) is 17.6. The van der Waals surface area contributed by atoms with Gasteiger partial charge in [-0.1, -0.05) is 55.0 Å². The summed E-state index contributed by atoms with van der Waals surface area (Å²) in [6, 6.07) is 6.97. The number of rotatable bonds is 9. The van der Waals surface area contributed by atoms with Crippen LogP contribution in [0.1, 0.15) is 45.4 Å². The van der Waals surface area contributed by atoms with Crippen LogP contribution in [-0.2, 0) is 10.0 Å². The molecule has 1 atom stereocenters. The van der Waals surface area contributed by atoms with Gasteiger partial charge in [-0.15, -0.1) is 10.2 Å². The molecular weight excluding hydrogens is 314 g/mol. The molecule has 0 aliphatic rings. The molecule has 0 spiro atoms. The van der Waals surface area contributed by atoms with E-state index in [4.69, 9.17) is 0 Å². The summed E-state index contributed by atoms with van der Waals surface area (Å²) in [5.41, 5.74) is 1.06. The Labute approximate surface area is 136 Å². The van der Waals surface area contributed by atoms with E-state index in [-0.39, 0.29) is 0 Å². The van der Waals surface area contributed by atoms with E-state index in [1.165, 1.54) is 6.08 Å². The van der Waals surface area contributed by atoms with Crippen LogP contribution >= 0.6 is 0 Å². The van der Waals surface area contributed by atoms with Crippen molar-refractivity contribution < 1.29 is 13.5 Å². The van der Waals surface area contributed by atoms with E-state index in [0.717, 1.165) is 35.3 Å². The molecule has 0 aliphatic carbocycles. The summed E-state index contributed by atoms with van der Waals surface area (Å²) in [7, 11) is -3.74. The SMILES string of the molecule is CCCCCCC(O)C/C=C/S(=O)(=O)n1nc2ccccc2n1. The second-order valence-electron chi connectivity index (χ2n) is 5.57. The van der Waals surface area contributed by atoms with Gasteiger partial charge in [-0.2, -0.15) is 8.42 Å². The maximum Gasteiger partial charge on any atom is 0.291 e. The van der Waals surface area contributed by atoms with E-state index in [1.54, 1.807) is 24.3 Å². The topological polar surface area (TPSA) is 85.1 Å². The highest BCUT2D eigenvalue weighted by atomic mass is 32.2. The highest BCUT2D eigenvalue weighted by Crippen LogP contribution is 2.11. The molecule has 1 unspecified atom stereocenters. The number of aromatic nitrogens is 3. The van der Waals surface area contributed by atoms with Crippen LogP contribution < -0.4 is 0 Å². The van der Waals surface area contributed by atoms with E-state index in [1.807, 2.05) is 0 Å². The van der Waals surface area contributed by atoms with Crippen molar-refractivity contribution in [3.8, 4) is 0 Å². The predicted octanol–water partition coefficient (Wildman–Crippen LogP) is 2.84. The zero-order valence-corrected chi connectivity index (χ0v) is 14.1. The second-order valence-corrected chi connectivity index (χ2v) is 7.20. The van der Waals surface area contributed by atoms with Crippen LogP contribution in [0, 0.1) is 0 Å². The minimum Gasteiger partial charge on any atom is -0.393 e. The van der Waals surface area contributed by atoms with Crippen molar-refractivity contribution in [1.82, 2.24) is 14.4 Å². The van der Waals surface area contributed by atoms with Gasteiger partial charge in [-0.3, -0.25) is 0 Å². The summed E-state index contributed by atoms with van der Waals surface area (Å²) >= 11 is 0. The Bertz CT molecular complexity index is 720. The van der Waals surface area contributed by atoms with Crippen molar-refractivity contribution in [2.75, 3.05) is 0 Å². The lowest BCUT2D eigenvalue weighted by molar-refractivity contribution is 0.164. The second kappa shape index (κ2) is 8.21. The fraction of sp³-hybridized carbons (Fsp3) is 0.500. The quantitative estimate of drug-likeness (QED) is 0.711. The van der Waals surface area contributed by atoms with Crippen LogP contribution in [-0.4, -0.2) is 34.0 Å². The molecule has 6 nitrogen and oxygen atoms in total. The number of hydrogen-bond donors (Lipinski definition) is 1. The number of fused-ring (bicyclic) bond motifs is 1. The van der Waals surface area contributed by atoms with Crippen LogP contribution in [0.4, 0.5) is 0 Å². The molecule has 0 radical (unpaired) electrons. The van der Waals surface area contributed by atoms with E-state index in [9.17, 15) is 13.5 Å². The minimum absolute atomic E-state index is 0.312. The molecule has 2 rings (SSSR count). The van der Waals surface area contributed by atoms with Gasteiger partial charge < -0.3 is 5.11 Å². The lowest BCUT2D eigenvalue weighted by atomic mass is 10.1. The third-order valence-corrected chi connectivity index (χ3v) is 4.72. The Kier molecular flexibility index (Phi) is 6.29. The van der Waals surface area contributed by atoms with E-state index >= 15 is 0 Å². The average Bonchev–Trinajstić information content (AvgIpc) is 2.96. The van der Waals surface area contributed by atoms with Gasteiger partial charge in [0.1, 0.15) is 11.0 Å². The highest BCUT2D eigenvalue weighted by molar-refractivity contribution is 7.92. The molecule has 1 aromatic carbocycles. The molecule has 0 bridgehead atoms. The molecule has 126 valence electrons. The Morgan fingerprint density at radius 3 is 2.43 bits per heavy atom. The Morgan fingerprint density at radius 1 is 1.17 bits per heavy atom. The van der Waals surface area contributed by atoms with Crippen LogP contribution in [0.2, 0.25) is 0 Å². The normalized spacial score (nSPS) is 13.8. The van der Waals surface area contributed by atoms with Crippen molar-refractivity contribution >= 4 is 21.1 Å². The molecule has 1 N–H and O–H groups in total. The summed E-state index contributed by atoms with van der Waals surface area (Å²) in [4.78, 5) is 0. The van der Waals surface area contributed by atoms with Crippen LogP contribution in [0.25, 0.3) is 11.0 Å². The molecule has 0 amide bonds. The molecular formula is C16H23N3O3S. The number of aliphatic hydroxyl groups is 1. The zero-order chi connectivity index (χ0) is 16.7. The van der Waals surface area contributed by atoms with E-state index < -0.39 is 16.1 Å². The summed E-state index contributed by atoms with van der Waals surface area (Å²) in [6.07, 6.45) is 6.33. The fourth-order valence-corrected chi connectivity index (χ4v) is 3.13. The molecule has 1 aromatic heterocycles. The molecule has 0 aliphatic heterocycles. The van der Waals surface area contributed by atoms with Crippen molar-refractivity contribution in [2.45, 2.75) is 51.6 Å². The Hall–Kier alpha value is -1.73.